The van der Waals surface area contributed by atoms with Gasteiger partial charge in [-0.15, -0.1) is 0 Å². The minimum Gasteiger partial charge on any atom is -0.481 e. The average molecular weight is 334 g/mol. The number of methoxy groups -OCH3 is 1. The van der Waals surface area contributed by atoms with E-state index in [9.17, 15) is 19.1 Å². The Morgan fingerprint density at radius 1 is 1.38 bits per heavy atom. The zero-order valence-electron chi connectivity index (χ0n) is 13.3. The van der Waals surface area contributed by atoms with E-state index >= 15 is 0 Å². The maximum atomic E-state index is 13.7. The molecule has 4 atom stereocenters. The van der Waals surface area contributed by atoms with Crippen LogP contribution in [0, 0.1) is 17.7 Å². The van der Waals surface area contributed by atoms with Gasteiger partial charge in [-0.05, 0) is 48.6 Å². The highest BCUT2D eigenvalue weighted by Crippen LogP contribution is 2.45. The molecule has 0 radical (unpaired) electrons. The van der Waals surface area contributed by atoms with Gasteiger partial charge in [0.15, 0.2) is 0 Å². The van der Waals surface area contributed by atoms with Crippen molar-refractivity contribution in [1.82, 2.24) is 0 Å². The van der Waals surface area contributed by atoms with Crippen molar-refractivity contribution < 1.29 is 28.6 Å². The van der Waals surface area contributed by atoms with Crippen molar-refractivity contribution in [3.05, 3.63) is 41.2 Å². The van der Waals surface area contributed by atoms with Crippen LogP contribution < -0.4 is 0 Å². The molecular weight excluding hydrogens is 315 g/mol. The summed E-state index contributed by atoms with van der Waals surface area (Å²) in [6.45, 7) is 0. The second-order valence-corrected chi connectivity index (χ2v) is 6.22. The number of fused-ring (bicyclic) bond motifs is 2. The molecule has 0 aromatic heterocycles. The van der Waals surface area contributed by atoms with Crippen LogP contribution in [0.5, 0.6) is 0 Å². The number of carbonyl (C=O) groups is 2. The fourth-order valence-electron chi connectivity index (χ4n) is 3.77. The maximum Gasteiger partial charge on any atom is 0.330 e. The zero-order valence-corrected chi connectivity index (χ0v) is 13.3. The molecular formula is C18H19FO5. The third kappa shape index (κ3) is 3.19. The molecule has 2 bridgehead atoms. The molecule has 0 spiro atoms. The first-order chi connectivity index (χ1) is 11.5. The average Bonchev–Trinajstić information content (AvgIpc) is 3.15. The van der Waals surface area contributed by atoms with Gasteiger partial charge in [-0.3, -0.25) is 4.79 Å². The normalized spacial score (nSPS) is 28.4. The van der Waals surface area contributed by atoms with E-state index in [1.165, 1.54) is 25.3 Å². The van der Waals surface area contributed by atoms with Crippen LogP contribution in [0.25, 0.3) is 6.08 Å². The Morgan fingerprint density at radius 2 is 2.12 bits per heavy atom. The van der Waals surface area contributed by atoms with E-state index in [1.807, 2.05) is 0 Å². The summed E-state index contributed by atoms with van der Waals surface area (Å²) in [5, 5.41) is 9.49. The number of rotatable bonds is 5. The highest BCUT2D eigenvalue weighted by molar-refractivity contribution is 5.87. The summed E-state index contributed by atoms with van der Waals surface area (Å²) in [4.78, 5) is 22.8. The number of benzene rings is 1. The molecule has 4 unspecified atom stereocenters. The second kappa shape index (κ2) is 6.73. The lowest BCUT2D eigenvalue weighted by Gasteiger charge is -2.25. The highest BCUT2D eigenvalue weighted by Gasteiger charge is 2.52. The first-order valence-corrected chi connectivity index (χ1v) is 7.92. The lowest BCUT2D eigenvalue weighted by atomic mass is 9.75. The van der Waals surface area contributed by atoms with Gasteiger partial charge in [0, 0.05) is 12.0 Å². The Hall–Kier alpha value is -2.21. The van der Waals surface area contributed by atoms with Crippen LogP contribution in [0.15, 0.2) is 24.3 Å². The van der Waals surface area contributed by atoms with Gasteiger partial charge in [-0.1, -0.05) is 6.07 Å². The van der Waals surface area contributed by atoms with E-state index in [4.69, 9.17) is 4.74 Å². The van der Waals surface area contributed by atoms with Gasteiger partial charge in [0.05, 0.1) is 25.2 Å². The number of carboxylic acids is 1. The van der Waals surface area contributed by atoms with Gasteiger partial charge in [0.25, 0.3) is 0 Å². The smallest absolute Gasteiger partial charge is 0.330 e. The largest absolute Gasteiger partial charge is 0.481 e. The van der Waals surface area contributed by atoms with Crippen molar-refractivity contribution in [3.63, 3.8) is 0 Å². The number of hydrogen-bond acceptors (Lipinski definition) is 4. The second-order valence-electron chi connectivity index (χ2n) is 6.22. The highest BCUT2D eigenvalue weighted by atomic mass is 19.1. The van der Waals surface area contributed by atoms with Gasteiger partial charge in [0.2, 0.25) is 0 Å². The molecule has 1 aromatic carbocycles. The van der Waals surface area contributed by atoms with Crippen LogP contribution in [-0.2, 0) is 25.5 Å². The van der Waals surface area contributed by atoms with Crippen LogP contribution in [-0.4, -0.2) is 36.4 Å². The van der Waals surface area contributed by atoms with E-state index in [2.05, 4.69) is 4.74 Å². The molecule has 1 N–H and O–H groups in total. The summed E-state index contributed by atoms with van der Waals surface area (Å²) in [7, 11) is 1.28. The van der Waals surface area contributed by atoms with Crippen molar-refractivity contribution in [3.8, 4) is 0 Å². The van der Waals surface area contributed by atoms with Gasteiger partial charge >= 0.3 is 11.9 Å². The molecule has 128 valence electrons. The lowest BCUT2D eigenvalue weighted by Crippen LogP contribution is -2.34. The number of esters is 1. The van der Waals surface area contributed by atoms with Gasteiger partial charge in [-0.25, -0.2) is 9.18 Å². The van der Waals surface area contributed by atoms with Crippen LogP contribution >= 0.6 is 0 Å². The van der Waals surface area contributed by atoms with E-state index in [0.717, 1.165) is 12.8 Å². The van der Waals surface area contributed by atoms with E-state index < -0.39 is 23.7 Å². The van der Waals surface area contributed by atoms with Gasteiger partial charge in [-0.2, -0.15) is 0 Å². The number of ether oxygens (including phenoxy) is 2. The van der Waals surface area contributed by atoms with Crippen LogP contribution in [0.4, 0.5) is 4.39 Å². The number of carboxylic acid groups (broad SMARTS) is 1. The molecule has 2 heterocycles. The Labute approximate surface area is 139 Å². The minimum absolute atomic E-state index is 0.100. The van der Waals surface area contributed by atoms with Gasteiger partial charge < -0.3 is 14.6 Å². The van der Waals surface area contributed by atoms with Crippen molar-refractivity contribution in [1.29, 1.82) is 0 Å². The fourth-order valence-corrected chi connectivity index (χ4v) is 3.77. The molecule has 0 amide bonds. The fraction of sp³-hybridized carbons (Fsp3) is 0.444. The number of hydrogen-bond donors (Lipinski definition) is 1. The van der Waals surface area contributed by atoms with E-state index in [0.29, 0.717) is 17.5 Å². The summed E-state index contributed by atoms with van der Waals surface area (Å²) < 4.78 is 24.0. The standard InChI is InChI=1S/C18H19FO5/c1-23-16(20)7-3-10-2-4-12(19)8-11(10)9-13-14-5-6-15(24-14)17(13)18(21)22/h2-4,7-8,13-15,17H,5-6,9H2,1H3,(H,21,22). The van der Waals surface area contributed by atoms with Crippen molar-refractivity contribution in [2.45, 2.75) is 31.5 Å². The minimum atomic E-state index is -0.866. The first kappa shape index (κ1) is 16.6. The Bertz CT molecular complexity index is 684. The van der Waals surface area contributed by atoms with Crippen molar-refractivity contribution >= 4 is 18.0 Å². The van der Waals surface area contributed by atoms with E-state index in [-0.39, 0.29) is 18.1 Å². The summed E-state index contributed by atoms with van der Waals surface area (Å²) in [5.74, 6) is -2.51. The Kier molecular flexibility index (Phi) is 4.66. The van der Waals surface area contributed by atoms with Crippen molar-refractivity contribution in [2.24, 2.45) is 11.8 Å². The molecule has 3 rings (SSSR count). The van der Waals surface area contributed by atoms with Crippen LogP contribution in [0.1, 0.15) is 24.0 Å². The third-order valence-corrected chi connectivity index (χ3v) is 4.87. The van der Waals surface area contributed by atoms with Crippen LogP contribution in [0.3, 0.4) is 0 Å². The summed E-state index contributed by atoms with van der Waals surface area (Å²) >= 11 is 0. The molecule has 0 saturated carbocycles. The Morgan fingerprint density at radius 3 is 2.83 bits per heavy atom. The predicted octanol–water partition coefficient (Wildman–Crippen LogP) is 2.43. The zero-order chi connectivity index (χ0) is 17.3. The summed E-state index contributed by atoms with van der Waals surface area (Å²) in [5.41, 5.74) is 1.34. The molecule has 2 saturated heterocycles. The topological polar surface area (TPSA) is 72.8 Å². The molecule has 24 heavy (non-hydrogen) atoms. The summed E-state index contributed by atoms with van der Waals surface area (Å²) in [6.07, 6.45) is 4.47. The predicted molar refractivity (Wildman–Crippen MR) is 83.7 cm³/mol. The number of halogens is 1. The van der Waals surface area contributed by atoms with E-state index in [1.54, 1.807) is 12.1 Å². The molecule has 1 aromatic rings. The number of aliphatic carboxylic acids is 1. The maximum absolute atomic E-state index is 13.7. The summed E-state index contributed by atoms with van der Waals surface area (Å²) in [6, 6.07) is 4.28. The van der Waals surface area contributed by atoms with Crippen molar-refractivity contribution in [2.75, 3.05) is 7.11 Å². The molecule has 0 aliphatic carbocycles. The lowest BCUT2D eigenvalue weighted by molar-refractivity contribution is -0.144. The molecule has 2 fully saturated rings. The molecule has 6 heteroatoms. The SMILES string of the molecule is COC(=O)C=Cc1ccc(F)cc1CC1C2CCC(O2)C1C(=O)O. The molecule has 5 nitrogen and oxygen atoms in total. The monoisotopic (exact) mass is 334 g/mol. The quantitative estimate of drug-likeness (QED) is 0.661. The molecule has 2 aliphatic rings. The Balaban J connectivity index is 1.86. The molecule has 2 aliphatic heterocycles. The third-order valence-electron chi connectivity index (χ3n) is 4.87. The first-order valence-electron chi connectivity index (χ1n) is 7.92. The van der Waals surface area contributed by atoms with Crippen LogP contribution in [0.2, 0.25) is 0 Å². The number of carbonyl (C=O) groups excluding carboxylic acids is 1. The van der Waals surface area contributed by atoms with Gasteiger partial charge in [0.1, 0.15) is 5.82 Å².